The monoisotopic (exact) mass is 344 g/mol. The molecule has 0 aliphatic rings. The molecule has 0 aliphatic carbocycles. The van der Waals surface area contributed by atoms with E-state index in [-0.39, 0.29) is 11.9 Å². The van der Waals surface area contributed by atoms with Crippen LogP contribution in [-0.4, -0.2) is 26.6 Å². The van der Waals surface area contributed by atoms with Crippen LogP contribution in [0.1, 0.15) is 25.7 Å². The second-order valence-electron chi connectivity index (χ2n) is 5.43. The molecule has 6 nitrogen and oxygen atoms in total. The topological polar surface area (TPSA) is 68.5 Å². The van der Waals surface area contributed by atoms with Gasteiger partial charge in [-0.2, -0.15) is 0 Å². The van der Waals surface area contributed by atoms with E-state index in [0.29, 0.717) is 16.6 Å². The molecule has 0 unspecified atom stereocenters. The number of nitrogens with zero attached hydrogens (tertiary/aromatic N) is 3. The van der Waals surface area contributed by atoms with Crippen LogP contribution < -0.4 is 10.1 Å². The number of hydrogen-bond donors (Lipinski definition) is 1. The van der Waals surface area contributed by atoms with Gasteiger partial charge in [-0.1, -0.05) is 17.7 Å². The molecule has 0 radical (unpaired) electrons. The molecule has 7 heteroatoms. The number of carbonyl (C=O) groups is 1. The Morgan fingerprint density at radius 3 is 2.67 bits per heavy atom. The highest BCUT2D eigenvalue weighted by Crippen LogP contribution is 2.17. The molecule has 1 amide bonds. The molecule has 124 valence electrons. The first kappa shape index (κ1) is 16.3. The van der Waals surface area contributed by atoms with E-state index in [1.165, 1.54) is 0 Å². The molecule has 24 heavy (non-hydrogen) atoms. The van der Waals surface area contributed by atoms with Crippen molar-refractivity contribution in [3.8, 4) is 5.75 Å². The molecule has 2 heterocycles. The zero-order valence-corrected chi connectivity index (χ0v) is 14.1. The van der Waals surface area contributed by atoms with E-state index in [1.54, 1.807) is 31.2 Å². The summed E-state index contributed by atoms with van der Waals surface area (Å²) in [5.74, 6) is 1.02. The number of pyridine rings is 1. The van der Waals surface area contributed by atoms with Gasteiger partial charge in [0, 0.05) is 11.2 Å². The third-order valence-electron chi connectivity index (χ3n) is 3.58. The summed E-state index contributed by atoms with van der Waals surface area (Å²) < 4.78 is 7.47. The lowest BCUT2D eigenvalue weighted by atomic mass is 10.2. The molecular weight excluding hydrogens is 328 g/mol. The number of amides is 1. The van der Waals surface area contributed by atoms with Gasteiger partial charge in [0.2, 0.25) is 0 Å². The third-order valence-corrected chi connectivity index (χ3v) is 3.83. The first-order valence-electron chi connectivity index (χ1n) is 7.57. The SMILES string of the molecule is C[C@@H](Oc1ccc(Cl)cc1)C(=O)N[C@H](C)c1nnc2ccccn12. The van der Waals surface area contributed by atoms with Crippen LogP contribution >= 0.6 is 11.6 Å². The number of fused-ring (bicyclic) bond motifs is 1. The largest absolute Gasteiger partial charge is 0.481 e. The summed E-state index contributed by atoms with van der Waals surface area (Å²) in [6.45, 7) is 3.55. The van der Waals surface area contributed by atoms with Crippen molar-refractivity contribution in [2.45, 2.75) is 26.0 Å². The molecule has 0 bridgehead atoms. The van der Waals surface area contributed by atoms with Gasteiger partial charge in [0.25, 0.3) is 5.91 Å². The van der Waals surface area contributed by atoms with Crippen molar-refractivity contribution in [3.63, 3.8) is 0 Å². The molecule has 2 atom stereocenters. The van der Waals surface area contributed by atoms with Gasteiger partial charge in [-0.3, -0.25) is 9.20 Å². The first-order chi connectivity index (χ1) is 11.5. The van der Waals surface area contributed by atoms with Crippen molar-refractivity contribution in [1.82, 2.24) is 19.9 Å². The van der Waals surface area contributed by atoms with Gasteiger partial charge >= 0.3 is 0 Å². The van der Waals surface area contributed by atoms with Crippen LogP contribution in [0.15, 0.2) is 48.7 Å². The Balaban J connectivity index is 1.66. The minimum atomic E-state index is -0.646. The Labute approximate surface area is 144 Å². The lowest BCUT2D eigenvalue weighted by molar-refractivity contribution is -0.128. The minimum absolute atomic E-state index is 0.231. The van der Waals surface area contributed by atoms with Crippen molar-refractivity contribution in [2.24, 2.45) is 0 Å². The van der Waals surface area contributed by atoms with E-state index in [1.807, 2.05) is 35.7 Å². The lowest BCUT2D eigenvalue weighted by Gasteiger charge is -2.18. The molecule has 0 spiro atoms. The van der Waals surface area contributed by atoms with E-state index >= 15 is 0 Å². The van der Waals surface area contributed by atoms with Crippen molar-refractivity contribution in [1.29, 1.82) is 0 Å². The van der Waals surface area contributed by atoms with Crippen molar-refractivity contribution < 1.29 is 9.53 Å². The van der Waals surface area contributed by atoms with Gasteiger partial charge < -0.3 is 10.1 Å². The number of carbonyl (C=O) groups excluding carboxylic acids is 1. The van der Waals surface area contributed by atoms with Crippen molar-refractivity contribution in [2.75, 3.05) is 0 Å². The van der Waals surface area contributed by atoms with Crippen LogP contribution in [-0.2, 0) is 4.79 Å². The summed E-state index contributed by atoms with van der Waals surface area (Å²) in [6.07, 6.45) is 1.22. The fourth-order valence-corrected chi connectivity index (χ4v) is 2.45. The molecule has 1 aromatic carbocycles. The predicted octanol–water partition coefficient (Wildman–Crippen LogP) is 3.03. The third kappa shape index (κ3) is 3.49. The highest BCUT2D eigenvalue weighted by atomic mass is 35.5. The van der Waals surface area contributed by atoms with E-state index < -0.39 is 6.10 Å². The molecule has 3 rings (SSSR count). The number of benzene rings is 1. The van der Waals surface area contributed by atoms with Crippen LogP contribution in [0.4, 0.5) is 0 Å². The van der Waals surface area contributed by atoms with Crippen LogP contribution in [0.3, 0.4) is 0 Å². The van der Waals surface area contributed by atoms with Crippen LogP contribution in [0.5, 0.6) is 5.75 Å². The first-order valence-corrected chi connectivity index (χ1v) is 7.94. The van der Waals surface area contributed by atoms with E-state index in [0.717, 1.165) is 5.65 Å². The average molecular weight is 345 g/mol. The number of rotatable bonds is 5. The van der Waals surface area contributed by atoms with Gasteiger partial charge in [-0.05, 0) is 50.2 Å². The normalized spacial score (nSPS) is 13.5. The van der Waals surface area contributed by atoms with Crippen molar-refractivity contribution in [3.05, 3.63) is 59.5 Å². The van der Waals surface area contributed by atoms with E-state index in [2.05, 4.69) is 15.5 Å². The van der Waals surface area contributed by atoms with E-state index in [9.17, 15) is 4.79 Å². The number of hydrogen-bond acceptors (Lipinski definition) is 4. The highest BCUT2D eigenvalue weighted by molar-refractivity contribution is 6.30. The minimum Gasteiger partial charge on any atom is -0.481 e. The summed E-state index contributed by atoms with van der Waals surface area (Å²) in [6, 6.07) is 12.2. The Morgan fingerprint density at radius 1 is 1.17 bits per heavy atom. The molecule has 0 saturated heterocycles. The number of halogens is 1. The fraction of sp³-hybridized carbons (Fsp3) is 0.235. The van der Waals surface area contributed by atoms with Gasteiger partial charge in [-0.25, -0.2) is 0 Å². The highest BCUT2D eigenvalue weighted by Gasteiger charge is 2.20. The number of ether oxygens (including phenoxy) is 1. The molecule has 0 fully saturated rings. The average Bonchev–Trinajstić information content (AvgIpc) is 3.01. The second kappa shape index (κ2) is 6.88. The summed E-state index contributed by atoms with van der Waals surface area (Å²) >= 11 is 5.83. The molecule has 2 aromatic heterocycles. The van der Waals surface area contributed by atoms with Gasteiger partial charge in [0.05, 0.1) is 6.04 Å². The van der Waals surface area contributed by atoms with Crippen LogP contribution in [0.2, 0.25) is 5.02 Å². The molecule has 3 aromatic rings. The second-order valence-corrected chi connectivity index (χ2v) is 5.87. The summed E-state index contributed by atoms with van der Waals surface area (Å²) in [5.41, 5.74) is 0.735. The Hall–Kier alpha value is -2.60. The number of aromatic nitrogens is 3. The standard InChI is InChI=1S/C17H17ClN4O2/c1-11(16-21-20-15-5-3-4-10-22(15)16)19-17(23)12(2)24-14-8-6-13(18)7-9-14/h3-12H,1-2H3,(H,19,23)/t11-,12-/m1/s1. The predicted molar refractivity (Wildman–Crippen MR) is 91.1 cm³/mol. The maximum atomic E-state index is 12.3. The molecular formula is C17H17ClN4O2. The molecule has 0 aliphatic heterocycles. The van der Waals surface area contributed by atoms with Gasteiger partial charge in [-0.15, -0.1) is 10.2 Å². The molecule has 1 N–H and O–H groups in total. The Bertz CT molecular complexity index is 847. The summed E-state index contributed by atoms with van der Waals surface area (Å²) in [5, 5.41) is 11.7. The van der Waals surface area contributed by atoms with Crippen LogP contribution in [0.25, 0.3) is 5.65 Å². The number of nitrogens with one attached hydrogen (secondary N) is 1. The Kier molecular flexibility index (Phi) is 4.66. The lowest BCUT2D eigenvalue weighted by Crippen LogP contribution is -2.38. The molecule has 0 saturated carbocycles. The smallest absolute Gasteiger partial charge is 0.261 e. The zero-order chi connectivity index (χ0) is 17.1. The van der Waals surface area contributed by atoms with E-state index in [4.69, 9.17) is 16.3 Å². The van der Waals surface area contributed by atoms with Crippen LogP contribution in [0, 0.1) is 0 Å². The van der Waals surface area contributed by atoms with Crippen molar-refractivity contribution >= 4 is 23.2 Å². The summed E-state index contributed by atoms with van der Waals surface area (Å²) in [7, 11) is 0. The zero-order valence-electron chi connectivity index (χ0n) is 13.3. The summed E-state index contributed by atoms with van der Waals surface area (Å²) in [4.78, 5) is 12.3. The fourth-order valence-electron chi connectivity index (χ4n) is 2.32. The van der Waals surface area contributed by atoms with Gasteiger partial charge in [0.1, 0.15) is 5.75 Å². The quantitative estimate of drug-likeness (QED) is 0.772. The van der Waals surface area contributed by atoms with Gasteiger partial charge in [0.15, 0.2) is 17.6 Å². The Morgan fingerprint density at radius 2 is 1.92 bits per heavy atom. The maximum absolute atomic E-state index is 12.3. The maximum Gasteiger partial charge on any atom is 0.261 e.